The Labute approximate surface area is 124 Å². The van der Waals surface area contributed by atoms with Crippen molar-refractivity contribution in [1.29, 1.82) is 0 Å². The Balaban J connectivity index is 2.39. The Hall–Kier alpha value is -0.440. The van der Waals surface area contributed by atoms with E-state index < -0.39 is 11.9 Å². The maximum absolute atomic E-state index is 12.9. The van der Waals surface area contributed by atoms with Gasteiger partial charge in [-0.05, 0) is 34.6 Å². The first-order valence-electron chi connectivity index (χ1n) is 5.45. The number of thiophene rings is 1. The molecule has 0 fully saturated rings. The molecule has 0 aliphatic heterocycles. The zero-order valence-electron chi connectivity index (χ0n) is 9.84. The minimum absolute atomic E-state index is 0.190. The molecule has 2 heterocycles. The quantitative estimate of drug-likeness (QED) is 0.838. The summed E-state index contributed by atoms with van der Waals surface area (Å²) in [6, 6.07) is 3.57. The molecular formula is C11H10BrF3N2S2. The second-order valence-electron chi connectivity index (χ2n) is 3.67. The van der Waals surface area contributed by atoms with Crippen LogP contribution in [0, 0.1) is 0 Å². The number of hydrogen-bond acceptors (Lipinski definition) is 4. The molecule has 0 amide bonds. The van der Waals surface area contributed by atoms with Gasteiger partial charge in [-0.3, -0.25) is 0 Å². The van der Waals surface area contributed by atoms with Gasteiger partial charge in [0, 0.05) is 6.54 Å². The normalized spacial score (nSPS) is 12.1. The Bertz CT molecular complexity index is 563. The zero-order valence-corrected chi connectivity index (χ0v) is 13.1. The molecule has 0 saturated carbocycles. The number of alkyl halides is 3. The van der Waals surface area contributed by atoms with Crippen LogP contribution >= 0.6 is 38.6 Å². The summed E-state index contributed by atoms with van der Waals surface area (Å²) in [5.74, 6) is 0. The minimum atomic E-state index is -4.41. The molecule has 19 heavy (non-hydrogen) atoms. The molecule has 0 spiro atoms. The van der Waals surface area contributed by atoms with Crippen molar-refractivity contribution in [1.82, 2.24) is 10.3 Å². The van der Waals surface area contributed by atoms with Gasteiger partial charge in [-0.15, -0.1) is 22.7 Å². The van der Waals surface area contributed by atoms with Crippen LogP contribution in [0.1, 0.15) is 17.5 Å². The number of hydrogen-bond donors (Lipinski definition) is 1. The molecule has 2 rings (SSSR count). The average Bonchev–Trinajstić information content (AvgIpc) is 2.91. The van der Waals surface area contributed by atoms with E-state index in [1.165, 1.54) is 11.3 Å². The lowest BCUT2D eigenvalue weighted by atomic mass is 10.3. The number of nitrogens with one attached hydrogen (secondary N) is 1. The topological polar surface area (TPSA) is 24.9 Å². The smallest absolute Gasteiger partial charge is 0.312 e. The van der Waals surface area contributed by atoms with Crippen molar-refractivity contribution in [2.75, 3.05) is 6.54 Å². The molecule has 0 aliphatic rings. The minimum Gasteiger partial charge on any atom is -0.312 e. The fourth-order valence-electron chi connectivity index (χ4n) is 1.47. The Kier molecular flexibility index (Phi) is 4.65. The zero-order chi connectivity index (χ0) is 14.0. The molecule has 8 heteroatoms. The first kappa shape index (κ1) is 15.0. The molecular weight excluding hydrogens is 361 g/mol. The molecule has 0 radical (unpaired) electrons. The van der Waals surface area contributed by atoms with Gasteiger partial charge in [0.05, 0.1) is 13.5 Å². The summed E-state index contributed by atoms with van der Waals surface area (Å²) < 4.78 is 39.6. The lowest BCUT2D eigenvalue weighted by molar-refractivity contribution is -0.141. The third-order valence-corrected chi connectivity index (χ3v) is 5.13. The highest BCUT2D eigenvalue weighted by molar-refractivity contribution is 9.11. The predicted molar refractivity (Wildman–Crippen MR) is 75.5 cm³/mol. The maximum Gasteiger partial charge on any atom is 0.434 e. The van der Waals surface area contributed by atoms with Gasteiger partial charge in [0.2, 0.25) is 0 Å². The molecule has 2 nitrogen and oxygen atoms in total. The van der Waals surface area contributed by atoms with E-state index in [1.807, 2.05) is 6.92 Å². The summed E-state index contributed by atoms with van der Waals surface area (Å²) in [5.41, 5.74) is -0.780. The number of thiazole rings is 1. The van der Waals surface area contributed by atoms with Crippen molar-refractivity contribution < 1.29 is 13.2 Å². The van der Waals surface area contributed by atoms with Gasteiger partial charge in [-0.1, -0.05) is 6.92 Å². The molecule has 0 bridgehead atoms. The van der Waals surface area contributed by atoms with Crippen LogP contribution in [0.3, 0.4) is 0 Å². The summed E-state index contributed by atoms with van der Waals surface area (Å²) in [6.45, 7) is 2.66. The van der Waals surface area contributed by atoms with Gasteiger partial charge in [0.15, 0.2) is 5.69 Å². The summed E-state index contributed by atoms with van der Waals surface area (Å²) in [5, 5.41) is 3.32. The van der Waals surface area contributed by atoms with E-state index >= 15 is 0 Å². The second-order valence-corrected chi connectivity index (χ2v) is 7.22. The van der Waals surface area contributed by atoms with Crippen molar-refractivity contribution in [2.45, 2.75) is 19.6 Å². The average molecular weight is 371 g/mol. The van der Waals surface area contributed by atoms with Crippen LogP contribution in [0.2, 0.25) is 0 Å². The Morgan fingerprint density at radius 3 is 2.58 bits per heavy atom. The van der Waals surface area contributed by atoms with Crippen molar-refractivity contribution in [3.8, 4) is 9.88 Å². The maximum atomic E-state index is 12.9. The second kappa shape index (κ2) is 5.90. The summed E-state index contributed by atoms with van der Waals surface area (Å²) >= 11 is 5.76. The third kappa shape index (κ3) is 3.56. The van der Waals surface area contributed by atoms with E-state index in [-0.39, 0.29) is 11.4 Å². The van der Waals surface area contributed by atoms with Gasteiger partial charge in [0.25, 0.3) is 0 Å². The van der Waals surface area contributed by atoms with Crippen LogP contribution in [0.5, 0.6) is 0 Å². The van der Waals surface area contributed by atoms with Crippen LogP contribution in [0.15, 0.2) is 15.9 Å². The first-order chi connectivity index (χ1) is 8.91. The SMILES string of the molecule is CCNCc1sc(-c2ccc(Br)s2)nc1C(F)(F)F. The van der Waals surface area contributed by atoms with Gasteiger partial charge >= 0.3 is 6.18 Å². The van der Waals surface area contributed by atoms with Crippen LogP contribution < -0.4 is 5.32 Å². The third-order valence-electron chi connectivity index (χ3n) is 2.29. The van der Waals surface area contributed by atoms with Crippen LogP contribution in [0.25, 0.3) is 9.88 Å². The van der Waals surface area contributed by atoms with E-state index in [1.54, 1.807) is 12.1 Å². The number of rotatable bonds is 4. The number of halogens is 4. The molecule has 2 aromatic rings. The van der Waals surface area contributed by atoms with Gasteiger partial charge in [0.1, 0.15) is 5.01 Å². The fourth-order valence-corrected chi connectivity index (χ4v) is 3.96. The molecule has 104 valence electrons. The van der Waals surface area contributed by atoms with Crippen molar-refractivity contribution in [2.24, 2.45) is 0 Å². The summed E-state index contributed by atoms with van der Waals surface area (Å²) in [7, 11) is 0. The number of nitrogens with zero attached hydrogens (tertiary/aromatic N) is 1. The summed E-state index contributed by atoms with van der Waals surface area (Å²) in [4.78, 5) is 4.73. The standard InChI is InChI=1S/C11H10BrF3N2S2/c1-2-16-5-7-9(11(13,14)15)17-10(19-7)6-3-4-8(12)18-6/h3-4,16H,2,5H2,1H3. The van der Waals surface area contributed by atoms with E-state index in [4.69, 9.17) is 0 Å². The Morgan fingerprint density at radius 2 is 2.05 bits per heavy atom. The van der Waals surface area contributed by atoms with Crippen LogP contribution in [0.4, 0.5) is 13.2 Å². The van der Waals surface area contributed by atoms with E-state index in [9.17, 15) is 13.2 Å². The molecule has 0 saturated heterocycles. The molecule has 0 aliphatic carbocycles. The predicted octanol–water partition coefficient (Wildman–Crippen LogP) is 4.76. The van der Waals surface area contributed by atoms with Crippen molar-refractivity contribution in [3.05, 3.63) is 26.5 Å². The van der Waals surface area contributed by atoms with Crippen molar-refractivity contribution in [3.63, 3.8) is 0 Å². The van der Waals surface area contributed by atoms with Crippen LogP contribution in [-0.4, -0.2) is 11.5 Å². The van der Waals surface area contributed by atoms with E-state index in [2.05, 4.69) is 26.2 Å². The molecule has 0 unspecified atom stereocenters. The molecule has 1 N–H and O–H groups in total. The lowest BCUT2D eigenvalue weighted by Crippen LogP contribution is -2.15. The number of aromatic nitrogens is 1. The monoisotopic (exact) mass is 370 g/mol. The van der Waals surface area contributed by atoms with Crippen LogP contribution in [-0.2, 0) is 12.7 Å². The highest BCUT2D eigenvalue weighted by atomic mass is 79.9. The van der Waals surface area contributed by atoms with E-state index in [0.717, 1.165) is 20.0 Å². The molecule has 0 atom stereocenters. The van der Waals surface area contributed by atoms with Gasteiger partial charge in [-0.2, -0.15) is 13.2 Å². The largest absolute Gasteiger partial charge is 0.434 e. The van der Waals surface area contributed by atoms with E-state index in [0.29, 0.717) is 11.6 Å². The fraction of sp³-hybridized carbons (Fsp3) is 0.364. The Morgan fingerprint density at radius 1 is 1.32 bits per heavy atom. The molecule has 0 aromatic carbocycles. The summed E-state index contributed by atoms with van der Waals surface area (Å²) in [6.07, 6.45) is -4.41. The highest BCUT2D eigenvalue weighted by Gasteiger charge is 2.37. The van der Waals surface area contributed by atoms with Gasteiger partial charge < -0.3 is 5.32 Å². The first-order valence-corrected chi connectivity index (χ1v) is 7.87. The van der Waals surface area contributed by atoms with Gasteiger partial charge in [-0.25, -0.2) is 4.98 Å². The lowest BCUT2D eigenvalue weighted by Gasteiger charge is -2.05. The van der Waals surface area contributed by atoms with Crippen molar-refractivity contribution >= 4 is 38.6 Å². The molecule has 2 aromatic heterocycles. The highest BCUT2D eigenvalue weighted by Crippen LogP contribution is 2.40.